The lowest BCUT2D eigenvalue weighted by Crippen LogP contribution is -2.12. The van der Waals surface area contributed by atoms with Crippen LogP contribution in [-0.4, -0.2) is 22.6 Å². The molecule has 1 aromatic heterocycles. The number of rotatable bonds is 4. The first-order valence-corrected chi connectivity index (χ1v) is 6.34. The molecule has 0 saturated carbocycles. The minimum Gasteiger partial charge on any atom is -0.356 e. The Morgan fingerprint density at radius 3 is 2.00 bits per heavy atom. The number of anilines is 2. The average molecular weight is 285 g/mol. The van der Waals surface area contributed by atoms with E-state index in [1.807, 2.05) is 0 Å². The molecule has 108 valence electrons. The van der Waals surface area contributed by atoms with Crippen LogP contribution in [-0.2, 0) is 4.79 Å². The Morgan fingerprint density at radius 1 is 0.952 bits per heavy atom. The number of ketones is 1. The molecule has 0 unspecified atom stereocenters. The SMILES string of the molecule is CC(=O)Nc1ccc(NC(=O)c2cc(C(C)=O)c[nH]2)cc1. The zero-order valence-electron chi connectivity index (χ0n) is 11.7. The predicted octanol–water partition coefficient (Wildman–Crippen LogP) is 2.43. The quantitative estimate of drug-likeness (QED) is 0.753. The van der Waals surface area contributed by atoms with Gasteiger partial charge in [-0.3, -0.25) is 14.4 Å². The smallest absolute Gasteiger partial charge is 0.272 e. The molecule has 0 atom stereocenters. The van der Waals surface area contributed by atoms with Crippen LogP contribution >= 0.6 is 0 Å². The van der Waals surface area contributed by atoms with Gasteiger partial charge in [-0.1, -0.05) is 0 Å². The number of carbonyl (C=O) groups is 3. The van der Waals surface area contributed by atoms with Crippen LogP contribution in [0.4, 0.5) is 11.4 Å². The minimum absolute atomic E-state index is 0.107. The molecule has 3 N–H and O–H groups in total. The number of hydrogen-bond donors (Lipinski definition) is 3. The number of nitrogens with one attached hydrogen (secondary N) is 3. The van der Waals surface area contributed by atoms with E-state index in [9.17, 15) is 14.4 Å². The topological polar surface area (TPSA) is 91.1 Å². The minimum atomic E-state index is -0.338. The molecule has 0 bridgehead atoms. The third kappa shape index (κ3) is 3.79. The Bertz CT molecular complexity index is 686. The highest BCUT2D eigenvalue weighted by atomic mass is 16.2. The Hall–Kier alpha value is -2.89. The maximum atomic E-state index is 12.0. The Kier molecular flexibility index (Phi) is 4.18. The highest BCUT2D eigenvalue weighted by molar-refractivity contribution is 6.05. The standard InChI is InChI=1S/C15H15N3O3/c1-9(19)11-7-14(16-8-11)15(21)18-13-5-3-12(4-6-13)17-10(2)20/h3-8,16H,1-2H3,(H,17,20)(H,18,21). The molecule has 0 radical (unpaired) electrons. The van der Waals surface area contributed by atoms with Crippen LogP contribution in [0.5, 0.6) is 0 Å². The summed E-state index contributed by atoms with van der Waals surface area (Å²) in [5.74, 6) is -0.602. The summed E-state index contributed by atoms with van der Waals surface area (Å²) in [5, 5.41) is 5.33. The Balaban J connectivity index is 2.04. The van der Waals surface area contributed by atoms with E-state index in [0.717, 1.165) is 0 Å². The number of hydrogen-bond acceptors (Lipinski definition) is 3. The third-order valence-corrected chi connectivity index (χ3v) is 2.80. The van der Waals surface area contributed by atoms with E-state index in [4.69, 9.17) is 0 Å². The fraction of sp³-hybridized carbons (Fsp3) is 0.133. The number of aromatic amines is 1. The summed E-state index contributed by atoms with van der Waals surface area (Å²) in [7, 11) is 0. The van der Waals surface area contributed by atoms with Crippen LogP contribution in [0.25, 0.3) is 0 Å². The molecule has 6 heteroatoms. The van der Waals surface area contributed by atoms with E-state index in [0.29, 0.717) is 22.6 Å². The number of amides is 2. The number of benzene rings is 1. The summed E-state index contributed by atoms with van der Waals surface area (Å²) in [6.45, 7) is 2.86. The summed E-state index contributed by atoms with van der Waals surface area (Å²) in [6, 6.07) is 8.23. The average Bonchev–Trinajstić information content (AvgIpc) is 2.90. The number of aromatic nitrogens is 1. The van der Waals surface area contributed by atoms with Gasteiger partial charge in [0.1, 0.15) is 5.69 Å². The monoisotopic (exact) mass is 285 g/mol. The van der Waals surface area contributed by atoms with Crippen LogP contribution in [0.2, 0.25) is 0 Å². The third-order valence-electron chi connectivity index (χ3n) is 2.80. The molecule has 0 fully saturated rings. The van der Waals surface area contributed by atoms with Gasteiger partial charge in [-0.2, -0.15) is 0 Å². The van der Waals surface area contributed by atoms with Crippen molar-refractivity contribution >= 4 is 29.0 Å². The lowest BCUT2D eigenvalue weighted by atomic mass is 10.2. The van der Waals surface area contributed by atoms with E-state index in [-0.39, 0.29) is 17.6 Å². The Morgan fingerprint density at radius 2 is 1.52 bits per heavy atom. The number of H-pyrrole nitrogens is 1. The molecule has 1 heterocycles. The second-order valence-corrected chi connectivity index (χ2v) is 4.57. The predicted molar refractivity (Wildman–Crippen MR) is 79.5 cm³/mol. The molecule has 0 saturated heterocycles. The molecule has 21 heavy (non-hydrogen) atoms. The first kappa shape index (κ1) is 14.5. The second-order valence-electron chi connectivity index (χ2n) is 4.57. The van der Waals surface area contributed by atoms with Crippen LogP contribution in [0.3, 0.4) is 0 Å². The summed E-state index contributed by atoms with van der Waals surface area (Å²) >= 11 is 0. The zero-order chi connectivity index (χ0) is 15.4. The number of Topliss-reactive ketones (excluding diaryl/α,β-unsaturated/α-hetero) is 1. The van der Waals surface area contributed by atoms with Gasteiger partial charge >= 0.3 is 0 Å². The lowest BCUT2D eigenvalue weighted by Gasteiger charge is -2.06. The summed E-state index contributed by atoms with van der Waals surface area (Å²) < 4.78 is 0. The molecule has 2 aromatic rings. The van der Waals surface area contributed by atoms with Crippen molar-refractivity contribution < 1.29 is 14.4 Å². The van der Waals surface area contributed by atoms with E-state index in [2.05, 4.69) is 15.6 Å². The van der Waals surface area contributed by atoms with Gasteiger partial charge < -0.3 is 15.6 Å². The van der Waals surface area contributed by atoms with Gasteiger partial charge in [-0.25, -0.2) is 0 Å². The fourth-order valence-electron chi connectivity index (χ4n) is 1.77. The van der Waals surface area contributed by atoms with Crippen molar-refractivity contribution in [3.8, 4) is 0 Å². The molecule has 0 spiro atoms. The first-order valence-electron chi connectivity index (χ1n) is 6.34. The van der Waals surface area contributed by atoms with Gasteiger partial charge in [0, 0.05) is 30.1 Å². The first-order chi connectivity index (χ1) is 9.95. The van der Waals surface area contributed by atoms with Gasteiger partial charge in [-0.05, 0) is 37.3 Å². The summed E-state index contributed by atoms with van der Waals surface area (Å²) in [5.41, 5.74) is 2.01. The fourth-order valence-corrected chi connectivity index (χ4v) is 1.77. The van der Waals surface area contributed by atoms with Crippen LogP contribution < -0.4 is 10.6 Å². The van der Waals surface area contributed by atoms with Crippen molar-refractivity contribution in [1.29, 1.82) is 0 Å². The van der Waals surface area contributed by atoms with Crippen molar-refractivity contribution in [2.75, 3.05) is 10.6 Å². The van der Waals surface area contributed by atoms with Gasteiger partial charge in [0.05, 0.1) is 0 Å². The van der Waals surface area contributed by atoms with Crippen molar-refractivity contribution in [3.63, 3.8) is 0 Å². The van der Waals surface area contributed by atoms with Crippen molar-refractivity contribution in [2.45, 2.75) is 13.8 Å². The highest BCUT2D eigenvalue weighted by Crippen LogP contribution is 2.15. The van der Waals surface area contributed by atoms with E-state index < -0.39 is 0 Å². The number of carbonyl (C=O) groups excluding carboxylic acids is 3. The van der Waals surface area contributed by atoms with Crippen molar-refractivity contribution in [3.05, 3.63) is 47.8 Å². The van der Waals surface area contributed by atoms with Crippen LogP contribution in [0.1, 0.15) is 34.7 Å². The molecule has 2 amide bonds. The highest BCUT2D eigenvalue weighted by Gasteiger charge is 2.10. The molecule has 2 rings (SSSR count). The van der Waals surface area contributed by atoms with Crippen molar-refractivity contribution in [2.24, 2.45) is 0 Å². The van der Waals surface area contributed by atoms with Crippen LogP contribution in [0, 0.1) is 0 Å². The molecule has 0 aliphatic carbocycles. The molecular weight excluding hydrogens is 270 g/mol. The molecule has 1 aromatic carbocycles. The van der Waals surface area contributed by atoms with Gasteiger partial charge in [0.2, 0.25) is 5.91 Å². The van der Waals surface area contributed by atoms with Gasteiger partial charge in [-0.15, -0.1) is 0 Å². The molecule has 6 nitrogen and oxygen atoms in total. The molecular formula is C15H15N3O3. The normalized spacial score (nSPS) is 10.0. The second kappa shape index (κ2) is 6.04. The van der Waals surface area contributed by atoms with Gasteiger partial charge in [0.25, 0.3) is 5.91 Å². The Labute approximate surface area is 121 Å². The molecule has 0 aliphatic rings. The van der Waals surface area contributed by atoms with Crippen molar-refractivity contribution in [1.82, 2.24) is 4.98 Å². The maximum absolute atomic E-state index is 12.0. The summed E-state index contributed by atoms with van der Waals surface area (Å²) in [4.78, 5) is 36.8. The van der Waals surface area contributed by atoms with E-state index in [1.165, 1.54) is 26.1 Å². The molecule has 0 aliphatic heterocycles. The maximum Gasteiger partial charge on any atom is 0.272 e. The summed E-state index contributed by atoms with van der Waals surface area (Å²) in [6.07, 6.45) is 1.50. The van der Waals surface area contributed by atoms with Gasteiger partial charge in [0.15, 0.2) is 5.78 Å². The zero-order valence-corrected chi connectivity index (χ0v) is 11.7. The largest absolute Gasteiger partial charge is 0.356 e. The van der Waals surface area contributed by atoms with E-state index >= 15 is 0 Å². The van der Waals surface area contributed by atoms with Crippen LogP contribution in [0.15, 0.2) is 36.5 Å². The van der Waals surface area contributed by atoms with E-state index in [1.54, 1.807) is 24.3 Å². The lowest BCUT2D eigenvalue weighted by molar-refractivity contribution is -0.114.